The molecule has 0 radical (unpaired) electrons. The molecule has 5 heteroatoms. The highest BCUT2D eigenvalue weighted by atomic mass is 19.1. The Bertz CT molecular complexity index is 851. The van der Waals surface area contributed by atoms with Gasteiger partial charge in [-0.2, -0.15) is 0 Å². The molecule has 0 amide bonds. The van der Waals surface area contributed by atoms with Crippen LogP contribution in [0.15, 0.2) is 53.3 Å². The van der Waals surface area contributed by atoms with Gasteiger partial charge >= 0.3 is 5.69 Å². The number of nitrogens with zero attached hydrogens (tertiary/aromatic N) is 2. The first-order chi connectivity index (χ1) is 10.1. The summed E-state index contributed by atoms with van der Waals surface area (Å²) >= 11 is 0. The van der Waals surface area contributed by atoms with E-state index in [9.17, 15) is 14.3 Å². The van der Waals surface area contributed by atoms with Crippen molar-refractivity contribution in [3.05, 3.63) is 70.4 Å². The first kappa shape index (κ1) is 13.6. The largest absolute Gasteiger partial charge is 0.386 e. The number of halogens is 1. The number of fused-ring (bicyclic) bond motifs is 1. The molecule has 0 spiro atoms. The number of rotatable bonds is 3. The molecule has 2 aromatic carbocycles. The number of imidazole rings is 1. The van der Waals surface area contributed by atoms with Gasteiger partial charge in [0.1, 0.15) is 5.82 Å². The minimum Gasteiger partial charge on any atom is -0.386 e. The van der Waals surface area contributed by atoms with Gasteiger partial charge in [0, 0.05) is 12.6 Å². The zero-order chi connectivity index (χ0) is 15.0. The van der Waals surface area contributed by atoms with Crippen LogP contribution in [0.3, 0.4) is 0 Å². The molecule has 1 unspecified atom stereocenters. The van der Waals surface area contributed by atoms with Gasteiger partial charge in [-0.15, -0.1) is 0 Å². The van der Waals surface area contributed by atoms with E-state index in [2.05, 4.69) is 0 Å². The number of aliphatic hydroxyl groups is 1. The van der Waals surface area contributed by atoms with Crippen LogP contribution in [0.1, 0.15) is 11.7 Å². The van der Waals surface area contributed by atoms with Crippen LogP contribution in [0.5, 0.6) is 0 Å². The summed E-state index contributed by atoms with van der Waals surface area (Å²) in [5.74, 6) is -0.474. The summed E-state index contributed by atoms with van der Waals surface area (Å²) in [7, 11) is 1.68. The lowest BCUT2D eigenvalue weighted by Crippen LogP contribution is -2.25. The molecule has 0 saturated carbocycles. The lowest BCUT2D eigenvalue weighted by molar-refractivity contribution is 0.152. The van der Waals surface area contributed by atoms with Gasteiger partial charge in [0.05, 0.1) is 23.7 Å². The summed E-state index contributed by atoms with van der Waals surface area (Å²) in [6, 6.07) is 13.4. The third-order valence-electron chi connectivity index (χ3n) is 3.67. The molecule has 3 aromatic rings. The number of para-hydroxylation sites is 2. The van der Waals surface area contributed by atoms with Gasteiger partial charge in [-0.25, -0.2) is 9.18 Å². The fourth-order valence-electron chi connectivity index (χ4n) is 2.56. The lowest BCUT2D eigenvalue weighted by Gasteiger charge is -2.12. The molecular weight excluding hydrogens is 271 g/mol. The van der Waals surface area contributed by atoms with Gasteiger partial charge in [-0.1, -0.05) is 30.3 Å². The van der Waals surface area contributed by atoms with Crippen molar-refractivity contribution in [2.45, 2.75) is 12.6 Å². The number of aliphatic hydroxyl groups excluding tert-OH is 1. The van der Waals surface area contributed by atoms with Crippen LogP contribution in [0, 0.1) is 5.82 Å². The molecule has 0 aliphatic rings. The predicted octanol–water partition coefficient (Wildman–Crippen LogP) is 2.21. The molecule has 0 fully saturated rings. The number of benzene rings is 2. The Morgan fingerprint density at radius 2 is 1.71 bits per heavy atom. The number of aryl methyl sites for hydroxylation is 1. The molecule has 0 aliphatic carbocycles. The van der Waals surface area contributed by atoms with Gasteiger partial charge in [-0.3, -0.25) is 9.13 Å². The van der Waals surface area contributed by atoms with E-state index in [0.29, 0.717) is 0 Å². The average molecular weight is 286 g/mol. The van der Waals surface area contributed by atoms with E-state index in [1.54, 1.807) is 19.2 Å². The molecule has 1 N–H and O–H groups in total. The highest BCUT2D eigenvalue weighted by Gasteiger charge is 2.17. The van der Waals surface area contributed by atoms with E-state index < -0.39 is 11.9 Å². The maximum Gasteiger partial charge on any atom is 0.328 e. The van der Waals surface area contributed by atoms with Crippen LogP contribution in [0.25, 0.3) is 11.0 Å². The summed E-state index contributed by atoms with van der Waals surface area (Å²) in [6.07, 6.45) is -1.07. The molecule has 0 saturated heterocycles. The number of aromatic nitrogens is 2. The van der Waals surface area contributed by atoms with Crippen LogP contribution in [0.2, 0.25) is 0 Å². The highest BCUT2D eigenvalue weighted by molar-refractivity contribution is 5.75. The van der Waals surface area contributed by atoms with Crippen molar-refractivity contribution in [1.29, 1.82) is 0 Å². The van der Waals surface area contributed by atoms with Crippen molar-refractivity contribution in [2.75, 3.05) is 0 Å². The van der Waals surface area contributed by atoms with E-state index >= 15 is 0 Å². The molecule has 1 atom stereocenters. The monoisotopic (exact) mass is 286 g/mol. The Balaban J connectivity index is 2.05. The standard InChI is InChI=1S/C16H15FN2O2/c1-18-13-8-4-5-9-14(13)19(16(18)21)10-15(20)11-6-2-3-7-12(11)17/h2-9,15,20H,10H2,1H3. The zero-order valence-corrected chi connectivity index (χ0v) is 11.5. The van der Waals surface area contributed by atoms with Crippen molar-refractivity contribution in [2.24, 2.45) is 7.05 Å². The number of hydrogen-bond acceptors (Lipinski definition) is 2. The first-order valence-corrected chi connectivity index (χ1v) is 6.66. The Hall–Kier alpha value is -2.40. The molecule has 1 heterocycles. The highest BCUT2D eigenvalue weighted by Crippen LogP contribution is 2.20. The predicted molar refractivity (Wildman–Crippen MR) is 78.5 cm³/mol. The van der Waals surface area contributed by atoms with Gasteiger partial charge in [-0.05, 0) is 18.2 Å². The van der Waals surface area contributed by atoms with E-state index in [1.165, 1.54) is 21.3 Å². The second kappa shape index (κ2) is 5.18. The summed E-state index contributed by atoms with van der Waals surface area (Å²) < 4.78 is 16.7. The first-order valence-electron chi connectivity index (χ1n) is 6.66. The SMILES string of the molecule is Cn1c(=O)n(CC(O)c2ccccc2F)c2ccccc21. The normalized spacial score (nSPS) is 12.7. The Labute approximate surface area is 120 Å². The Morgan fingerprint density at radius 3 is 2.43 bits per heavy atom. The van der Waals surface area contributed by atoms with Crippen molar-refractivity contribution in [3.8, 4) is 0 Å². The molecule has 21 heavy (non-hydrogen) atoms. The average Bonchev–Trinajstić information content (AvgIpc) is 2.73. The van der Waals surface area contributed by atoms with Gasteiger partial charge in [0.15, 0.2) is 0 Å². The van der Waals surface area contributed by atoms with Crippen molar-refractivity contribution in [3.63, 3.8) is 0 Å². The molecule has 3 rings (SSSR count). The summed E-state index contributed by atoms with van der Waals surface area (Å²) in [4.78, 5) is 12.3. The third kappa shape index (κ3) is 2.25. The van der Waals surface area contributed by atoms with Crippen LogP contribution in [0.4, 0.5) is 4.39 Å². The smallest absolute Gasteiger partial charge is 0.328 e. The van der Waals surface area contributed by atoms with Crippen molar-refractivity contribution < 1.29 is 9.50 Å². The molecule has 4 nitrogen and oxygen atoms in total. The molecule has 0 aliphatic heterocycles. The van der Waals surface area contributed by atoms with Gasteiger partial charge in [0.25, 0.3) is 0 Å². The molecule has 0 bridgehead atoms. The topological polar surface area (TPSA) is 47.2 Å². The van der Waals surface area contributed by atoms with Crippen LogP contribution in [-0.4, -0.2) is 14.2 Å². The van der Waals surface area contributed by atoms with Crippen LogP contribution in [-0.2, 0) is 13.6 Å². The number of hydrogen-bond donors (Lipinski definition) is 1. The minimum atomic E-state index is -1.07. The van der Waals surface area contributed by atoms with E-state index in [-0.39, 0.29) is 17.8 Å². The summed E-state index contributed by atoms with van der Waals surface area (Å²) in [5, 5.41) is 10.2. The Kier molecular flexibility index (Phi) is 3.35. The van der Waals surface area contributed by atoms with Gasteiger partial charge < -0.3 is 5.11 Å². The maximum absolute atomic E-state index is 13.7. The summed E-state index contributed by atoms with van der Waals surface area (Å²) in [6.45, 7) is 0.0150. The van der Waals surface area contributed by atoms with E-state index in [0.717, 1.165) is 11.0 Å². The minimum absolute atomic E-state index is 0.0150. The quantitative estimate of drug-likeness (QED) is 0.802. The third-order valence-corrected chi connectivity index (χ3v) is 3.67. The zero-order valence-electron chi connectivity index (χ0n) is 11.5. The van der Waals surface area contributed by atoms with Crippen LogP contribution < -0.4 is 5.69 Å². The molecule has 108 valence electrons. The van der Waals surface area contributed by atoms with Crippen LogP contribution >= 0.6 is 0 Å². The fourth-order valence-corrected chi connectivity index (χ4v) is 2.56. The second-order valence-electron chi connectivity index (χ2n) is 4.98. The summed E-state index contributed by atoms with van der Waals surface area (Å²) in [5.41, 5.74) is 1.47. The Morgan fingerprint density at radius 1 is 1.10 bits per heavy atom. The van der Waals surface area contributed by atoms with E-state index in [4.69, 9.17) is 0 Å². The molecule has 1 aromatic heterocycles. The van der Waals surface area contributed by atoms with Crippen molar-refractivity contribution in [1.82, 2.24) is 9.13 Å². The van der Waals surface area contributed by atoms with Gasteiger partial charge in [0.2, 0.25) is 0 Å². The molecular formula is C16H15FN2O2. The fraction of sp³-hybridized carbons (Fsp3) is 0.188. The maximum atomic E-state index is 13.7. The lowest BCUT2D eigenvalue weighted by atomic mass is 10.1. The van der Waals surface area contributed by atoms with E-state index in [1.807, 2.05) is 24.3 Å². The van der Waals surface area contributed by atoms with Crippen molar-refractivity contribution >= 4 is 11.0 Å². The second-order valence-corrected chi connectivity index (χ2v) is 4.98.